The predicted octanol–water partition coefficient (Wildman–Crippen LogP) is 4.08. The largest absolute Gasteiger partial charge is 0.336 e. The van der Waals surface area contributed by atoms with Crippen molar-refractivity contribution in [3.05, 3.63) is 64.2 Å². The van der Waals surface area contributed by atoms with Crippen molar-refractivity contribution in [1.82, 2.24) is 24.9 Å². The molecule has 3 heterocycles. The van der Waals surface area contributed by atoms with E-state index in [1.165, 1.54) is 18.6 Å². The van der Waals surface area contributed by atoms with Crippen LogP contribution in [0.2, 0.25) is 5.02 Å². The lowest BCUT2D eigenvalue weighted by molar-refractivity contribution is 0.102. The number of amides is 1. The van der Waals surface area contributed by atoms with Crippen LogP contribution in [-0.2, 0) is 0 Å². The minimum atomic E-state index is -0.360. The molecule has 0 aliphatic heterocycles. The van der Waals surface area contributed by atoms with Crippen molar-refractivity contribution in [2.45, 2.75) is 0 Å². The van der Waals surface area contributed by atoms with Crippen molar-refractivity contribution in [3.8, 4) is 11.4 Å². The fourth-order valence-electron chi connectivity index (χ4n) is 2.40. The molecule has 1 aromatic carbocycles. The third kappa shape index (κ3) is 3.29. The van der Waals surface area contributed by atoms with E-state index in [1.807, 2.05) is 6.07 Å². The Kier molecular flexibility index (Phi) is 4.36. The molecular weight excluding hydrogens is 420 g/mol. The summed E-state index contributed by atoms with van der Waals surface area (Å²) in [5.41, 5.74) is 2.79. The molecule has 26 heavy (non-hydrogen) atoms. The molecule has 0 atom stereocenters. The Bertz CT molecular complexity index is 1110. The van der Waals surface area contributed by atoms with Gasteiger partial charge in [-0.2, -0.15) is 0 Å². The standard InChI is InChI=1S/C17H10BrClN6O/c18-9-5-13-16(22-7-9)25-15(24-13)11-6-10(1-2-12(11)19)23-17(26)14-8-20-3-4-21-14/h1-8H,(H,23,26)(H,22,24,25). The Labute approximate surface area is 161 Å². The van der Waals surface area contributed by atoms with Gasteiger partial charge in [0, 0.05) is 34.3 Å². The van der Waals surface area contributed by atoms with E-state index in [0.29, 0.717) is 27.7 Å². The number of carbonyl (C=O) groups is 1. The van der Waals surface area contributed by atoms with Crippen molar-refractivity contribution >= 4 is 50.3 Å². The molecule has 128 valence electrons. The second kappa shape index (κ2) is 6.81. The highest BCUT2D eigenvalue weighted by Crippen LogP contribution is 2.30. The van der Waals surface area contributed by atoms with E-state index in [1.54, 1.807) is 24.4 Å². The van der Waals surface area contributed by atoms with Gasteiger partial charge < -0.3 is 10.3 Å². The fraction of sp³-hybridized carbons (Fsp3) is 0. The van der Waals surface area contributed by atoms with Gasteiger partial charge in [-0.1, -0.05) is 11.6 Å². The van der Waals surface area contributed by atoms with Crippen LogP contribution < -0.4 is 5.32 Å². The first-order valence-electron chi connectivity index (χ1n) is 7.49. The summed E-state index contributed by atoms with van der Waals surface area (Å²) in [5, 5.41) is 3.27. The average Bonchev–Trinajstić information content (AvgIpc) is 3.07. The van der Waals surface area contributed by atoms with E-state index < -0.39 is 0 Å². The summed E-state index contributed by atoms with van der Waals surface area (Å²) in [7, 11) is 0. The summed E-state index contributed by atoms with van der Waals surface area (Å²) in [6.45, 7) is 0. The van der Waals surface area contributed by atoms with Crippen LogP contribution in [0.3, 0.4) is 0 Å². The highest BCUT2D eigenvalue weighted by molar-refractivity contribution is 9.10. The number of aromatic nitrogens is 5. The molecule has 0 bridgehead atoms. The first-order valence-corrected chi connectivity index (χ1v) is 8.66. The van der Waals surface area contributed by atoms with Gasteiger partial charge in [-0.25, -0.2) is 15.0 Å². The second-order valence-electron chi connectivity index (χ2n) is 5.35. The zero-order chi connectivity index (χ0) is 18.1. The van der Waals surface area contributed by atoms with Crippen LogP contribution in [0.4, 0.5) is 5.69 Å². The number of hydrogen-bond acceptors (Lipinski definition) is 5. The van der Waals surface area contributed by atoms with Gasteiger partial charge in [-0.05, 0) is 40.2 Å². The second-order valence-corrected chi connectivity index (χ2v) is 6.67. The number of imidazole rings is 1. The molecule has 9 heteroatoms. The minimum Gasteiger partial charge on any atom is -0.336 e. The Morgan fingerprint density at radius 2 is 2.04 bits per heavy atom. The third-order valence-electron chi connectivity index (χ3n) is 3.58. The number of nitrogens with zero attached hydrogens (tertiary/aromatic N) is 4. The van der Waals surface area contributed by atoms with Crippen LogP contribution in [-0.4, -0.2) is 30.8 Å². The minimum absolute atomic E-state index is 0.224. The molecule has 0 radical (unpaired) electrons. The number of fused-ring (bicyclic) bond motifs is 1. The quantitative estimate of drug-likeness (QED) is 0.511. The van der Waals surface area contributed by atoms with Gasteiger partial charge in [0.15, 0.2) is 5.65 Å². The summed E-state index contributed by atoms with van der Waals surface area (Å²) in [6, 6.07) is 7.02. The molecule has 4 rings (SSSR count). The maximum absolute atomic E-state index is 12.2. The molecule has 0 saturated carbocycles. The van der Waals surface area contributed by atoms with Crippen molar-refractivity contribution in [2.75, 3.05) is 5.32 Å². The van der Waals surface area contributed by atoms with E-state index in [0.717, 1.165) is 9.99 Å². The summed E-state index contributed by atoms with van der Waals surface area (Å²) < 4.78 is 0.844. The molecule has 2 N–H and O–H groups in total. The number of carbonyl (C=O) groups excluding carboxylic acids is 1. The lowest BCUT2D eigenvalue weighted by Gasteiger charge is -2.07. The van der Waals surface area contributed by atoms with Crippen LogP contribution >= 0.6 is 27.5 Å². The van der Waals surface area contributed by atoms with Crippen LogP contribution in [0.1, 0.15) is 10.5 Å². The van der Waals surface area contributed by atoms with Crippen molar-refractivity contribution in [2.24, 2.45) is 0 Å². The van der Waals surface area contributed by atoms with Crippen molar-refractivity contribution < 1.29 is 4.79 Å². The zero-order valence-electron chi connectivity index (χ0n) is 13.1. The molecular formula is C17H10BrClN6O. The number of nitrogens with one attached hydrogen (secondary N) is 2. The summed E-state index contributed by atoms with van der Waals surface area (Å²) >= 11 is 9.70. The smallest absolute Gasteiger partial charge is 0.275 e. The monoisotopic (exact) mass is 428 g/mol. The molecule has 0 spiro atoms. The highest BCUT2D eigenvalue weighted by Gasteiger charge is 2.13. The van der Waals surface area contributed by atoms with Crippen LogP contribution in [0.25, 0.3) is 22.6 Å². The molecule has 7 nitrogen and oxygen atoms in total. The third-order valence-corrected chi connectivity index (χ3v) is 4.34. The number of rotatable bonds is 3. The number of H-pyrrole nitrogens is 1. The van der Waals surface area contributed by atoms with Crippen LogP contribution in [0.5, 0.6) is 0 Å². The van der Waals surface area contributed by atoms with Gasteiger partial charge in [0.1, 0.15) is 11.5 Å². The average molecular weight is 430 g/mol. The molecule has 0 unspecified atom stereocenters. The maximum Gasteiger partial charge on any atom is 0.275 e. The van der Waals surface area contributed by atoms with Gasteiger partial charge in [-0.15, -0.1) is 0 Å². The number of halogens is 2. The van der Waals surface area contributed by atoms with Gasteiger partial charge >= 0.3 is 0 Å². The fourth-order valence-corrected chi connectivity index (χ4v) is 2.94. The van der Waals surface area contributed by atoms with Gasteiger partial charge in [0.25, 0.3) is 5.91 Å². The molecule has 0 fully saturated rings. The molecule has 0 saturated heterocycles. The molecule has 4 aromatic rings. The van der Waals surface area contributed by atoms with Gasteiger partial charge in [0.2, 0.25) is 0 Å². The van der Waals surface area contributed by atoms with Crippen LogP contribution in [0.15, 0.2) is 53.5 Å². The predicted molar refractivity (Wildman–Crippen MR) is 102 cm³/mol. The number of anilines is 1. The highest BCUT2D eigenvalue weighted by atomic mass is 79.9. The van der Waals surface area contributed by atoms with Crippen LogP contribution in [0, 0.1) is 0 Å². The molecule has 3 aromatic heterocycles. The molecule has 0 aliphatic carbocycles. The Morgan fingerprint density at radius 3 is 2.85 bits per heavy atom. The lowest BCUT2D eigenvalue weighted by atomic mass is 10.2. The Balaban J connectivity index is 1.68. The van der Waals surface area contributed by atoms with E-state index >= 15 is 0 Å². The van der Waals surface area contributed by atoms with Gasteiger partial charge in [0.05, 0.1) is 16.7 Å². The first-order chi connectivity index (χ1) is 12.6. The van der Waals surface area contributed by atoms with Crippen molar-refractivity contribution in [1.29, 1.82) is 0 Å². The normalized spacial score (nSPS) is 10.8. The summed E-state index contributed by atoms with van der Waals surface area (Å²) in [5.74, 6) is 0.202. The van der Waals surface area contributed by atoms with E-state index in [-0.39, 0.29) is 11.6 Å². The number of pyridine rings is 1. The topological polar surface area (TPSA) is 96.5 Å². The Hall–Kier alpha value is -2.84. The first kappa shape index (κ1) is 16.6. The number of aromatic amines is 1. The Morgan fingerprint density at radius 1 is 1.15 bits per heavy atom. The van der Waals surface area contributed by atoms with E-state index in [2.05, 4.69) is 46.2 Å². The molecule has 0 aliphatic rings. The van der Waals surface area contributed by atoms with E-state index in [9.17, 15) is 4.79 Å². The lowest BCUT2D eigenvalue weighted by Crippen LogP contribution is -2.13. The summed E-state index contributed by atoms with van der Waals surface area (Å²) in [4.78, 5) is 32.0. The summed E-state index contributed by atoms with van der Waals surface area (Å²) in [6.07, 6.45) is 6.04. The van der Waals surface area contributed by atoms with Crippen molar-refractivity contribution in [3.63, 3.8) is 0 Å². The number of hydrogen-bond donors (Lipinski definition) is 2. The SMILES string of the molecule is O=C(Nc1ccc(Cl)c(-c2nc3ncc(Br)cc3[nH]2)c1)c1cnccn1. The zero-order valence-corrected chi connectivity index (χ0v) is 15.4. The van der Waals surface area contributed by atoms with Gasteiger partial charge in [-0.3, -0.25) is 9.78 Å². The number of benzene rings is 1. The van der Waals surface area contributed by atoms with E-state index in [4.69, 9.17) is 11.6 Å². The molecule has 1 amide bonds. The maximum atomic E-state index is 12.2.